The van der Waals surface area contributed by atoms with Gasteiger partial charge < -0.3 is 5.32 Å². The first-order chi connectivity index (χ1) is 14.4. The third-order valence-corrected chi connectivity index (χ3v) is 4.80. The van der Waals surface area contributed by atoms with Gasteiger partial charge in [-0.1, -0.05) is 5.21 Å². The van der Waals surface area contributed by atoms with Gasteiger partial charge in [-0.15, -0.1) is 5.10 Å². The van der Waals surface area contributed by atoms with E-state index in [1.807, 2.05) is 0 Å². The summed E-state index contributed by atoms with van der Waals surface area (Å²) in [7, 11) is 2.49. The molecule has 11 nitrogen and oxygen atoms in total. The number of hydrogen-bond donors (Lipinski definition) is 3. The number of hydrogen-bond acceptors (Lipinski definition) is 8. The minimum absolute atomic E-state index is 0.0273. The standard InChI is InChI=1S/C18H22BN5O6/c1-20-6-12-7-21-22-24(12)10-15(25)23-8-13(9-23)30-14-3-2-11(4-5-19-29)17(26)16(14)18(27)28/h2-3,7,13,20,26H,4-6,8-10H2,1H3,(H,27,28). The maximum absolute atomic E-state index is 12.4. The first-order valence-electron chi connectivity index (χ1n) is 9.42. The Morgan fingerprint density at radius 3 is 2.80 bits per heavy atom. The molecular weight excluding hydrogens is 393 g/mol. The molecule has 2 heterocycles. The fourth-order valence-electron chi connectivity index (χ4n) is 3.19. The van der Waals surface area contributed by atoms with Gasteiger partial charge in [-0.25, -0.2) is 4.68 Å². The predicted octanol–water partition coefficient (Wildman–Crippen LogP) is -0.298. The van der Waals surface area contributed by atoms with E-state index in [4.69, 9.17) is 4.74 Å². The van der Waals surface area contributed by atoms with Crippen molar-refractivity contribution in [1.82, 2.24) is 25.2 Å². The van der Waals surface area contributed by atoms with Crippen LogP contribution in [0.1, 0.15) is 21.6 Å². The van der Waals surface area contributed by atoms with Crippen LogP contribution in [0.25, 0.3) is 0 Å². The molecule has 0 aliphatic carbocycles. The number of aromatic carboxylic acids is 1. The number of nitrogens with zero attached hydrogens (tertiary/aromatic N) is 4. The van der Waals surface area contributed by atoms with E-state index in [9.17, 15) is 24.5 Å². The minimum atomic E-state index is -1.33. The number of aromatic nitrogens is 3. The van der Waals surface area contributed by atoms with Crippen LogP contribution in [-0.4, -0.2) is 75.4 Å². The van der Waals surface area contributed by atoms with Gasteiger partial charge in [0.25, 0.3) is 0 Å². The first-order valence-corrected chi connectivity index (χ1v) is 9.42. The van der Waals surface area contributed by atoms with Crippen molar-refractivity contribution in [3.05, 3.63) is 35.2 Å². The van der Waals surface area contributed by atoms with Crippen LogP contribution in [0.5, 0.6) is 11.5 Å². The summed E-state index contributed by atoms with van der Waals surface area (Å²) in [4.78, 5) is 25.6. The molecule has 158 valence electrons. The molecule has 0 unspecified atom stereocenters. The van der Waals surface area contributed by atoms with Gasteiger partial charge in [0.05, 0.1) is 11.9 Å². The van der Waals surface area contributed by atoms with Gasteiger partial charge in [-0.3, -0.25) is 0 Å². The second-order valence-electron chi connectivity index (χ2n) is 6.91. The number of carboxylic acids is 1. The summed E-state index contributed by atoms with van der Waals surface area (Å²) in [6, 6.07) is 3.00. The summed E-state index contributed by atoms with van der Waals surface area (Å²) < 4.78 is 17.8. The molecule has 0 radical (unpaired) electrons. The van der Waals surface area contributed by atoms with E-state index in [0.29, 0.717) is 32.3 Å². The van der Waals surface area contributed by atoms with E-state index in [-0.39, 0.29) is 42.6 Å². The Labute approximate surface area is 172 Å². The van der Waals surface area contributed by atoms with Crippen molar-refractivity contribution >= 4 is 19.0 Å². The van der Waals surface area contributed by atoms with Crippen molar-refractivity contribution in [3.63, 3.8) is 0 Å². The van der Waals surface area contributed by atoms with E-state index >= 15 is 0 Å². The molecule has 0 spiro atoms. The quantitative estimate of drug-likeness (QED) is 0.445. The number of carboxylic acid groups (broad SMARTS) is 1. The number of amides is 1. The van der Waals surface area contributed by atoms with Crippen LogP contribution in [0.15, 0.2) is 18.3 Å². The third-order valence-electron chi connectivity index (χ3n) is 4.80. The van der Waals surface area contributed by atoms with E-state index in [0.717, 1.165) is 5.69 Å². The van der Waals surface area contributed by atoms with Crippen LogP contribution in [0.2, 0.25) is 6.32 Å². The average molecular weight is 415 g/mol. The second kappa shape index (κ2) is 9.48. The Morgan fingerprint density at radius 2 is 2.13 bits per heavy atom. The van der Waals surface area contributed by atoms with Gasteiger partial charge in [0.15, 0.2) is 0 Å². The van der Waals surface area contributed by atoms with Gasteiger partial charge in [0.1, 0.15) is 0 Å². The fraction of sp³-hybridized carbons (Fsp3) is 0.444. The molecule has 1 aromatic heterocycles. The molecule has 0 saturated carbocycles. The number of nitrogens with one attached hydrogen (secondary N) is 1. The van der Waals surface area contributed by atoms with Crippen molar-refractivity contribution in [2.75, 3.05) is 20.1 Å². The van der Waals surface area contributed by atoms with Crippen molar-refractivity contribution < 1.29 is 29.2 Å². The Bertz CT molecular complexity index is 943. The number of rotatable bonds is 10. The molecule has 30 heavy (non-hydrogen) atoms. The number of aromatic hydroxyl groups is 1. The summed E-state index contributed by atoms with van der Waals surface area (Å²) in [6.07, 6.45) is 1.61. The topological polar surface area (TPSA) is 147 Å². The third kappa shape index (κ3) is 4.65. The molecule has 3 rings (SSSR count). The number of carbonyl (C=O) groups is 2. The van der Waals surface area contributed by atoms with E-state index in [1.165, 1.54) is 16.8 Å². The Hall–Kier alpha value is -3.28. The van der Waals surface area contributed by atoms with Crippen molar-refractivity contribution in [2.45, 2.75) is 31.9 Å². The number of likely N-dealkylation sites (tertiary alicyclic amines) is 1. The second-order valence-corrected chi connectivity index (χ2v) is 6.91. The summed E-state index contributed by atoms with van der Waals surface area (Å²) in [5.41, 5.74) is 0.806. The van der Waals surface area contributed by atoms with Crippen LogP contribution in [0, 0.1) is 0 Å². The van der Waals surface area contributed by atoms with Gasteiger partial charge in [0, 0.05) is 6.54 Å². The van der Waals surface area contributed by atoms with Crippen molar-refractivity contribution in [2.24, 2.45) is 0 Å². The molecular formula is C18H22BN5O6. The number of phenols is 1. The molecule has 12 heteroatoms. The number of carbonyl (C=O) groups excluding carboxylic acids is 1. The molecule has 3 N–H and O–H groups in total. The van der Waals surface area contributed by atoms with Gasteiger partial charge in [-0.05, 0) is 7.05 Å². The maximum atomic E-state index is 12.4. The fourth-order valence-corrected chi connectivity index (χ4v) is 3.19. The molecule has 1 aliphatic rings. The van der Waals surface area contributed by atoms with Crippen molar-refractivity contribution in [3.8, 4) is 11.5 Å². The number of benzene rings is 1. The molecule has 1 amide bonds. The summed E-state index contributed by atoms with van der Waals surface area (Å²) in [6.45, 7) is 1.18. The van der Waals surface area contributed by atoms with Gasteiger partial charge in [0.2, 0.25) is 0 Å². The Morgan fingerprint density at radius 1 is 1.37 bits per heavy atom. The van der Waals surface area contributed by atoms with E-state index < -0.39 is 11.7 Å². The molecule has 2 aromatic rings. The summed E-state index contributed by atoms with van der Waals surface area (Å²) in [5, 5.41) is 30.4. The molecule has 0 bridgehead atoms. The predicted molar refractivity (Wildman–Crippen MR) is 104 cm³/mol. The number of ether oxygens (including phenoxy) is 1. The monoisotopic (exact) mass is 415 g/mol. The van der Waals surface area contributed by atoms with Gasteiger partial charge in [-0.2, -0.15) is 0 Å². The molecule has 1 saturated heterocycles. The van der Waals surface area contributed by atoms with Gasteiger partial charge >= 0.3 is 126 Å². The van der Waals surface area contributed by atoms with Crippen LogP contribution < -0.4 is 10.1 Å². The van der Waals surface area contributed by atoms with Crippen LogP contribution >= 0.6 is 0 Å². The van der Waals surface area contributed by atoms with E-state index in [2.05, 4.69) is 15.6 Å². The Balaban J connectivity index is 1.60. The first kappa shape index (κ1) is 21.4. The van der Waals surface area contributed by atoms with Crippen LogP contribution in [0.4, 0.5) is 0 Å². The normalized spacial score (nSPS) is 13.6. The van der Waals surface area contributed by atoms with Crippen LogP contribution in [-0.2, 0) is 29.0 Å². The molecule has 0 atom stereocenters. The molecule has 1 aromatic carbocycles. The molecule has 1 aliphatic heterocycles. The zero-order valence-electron chi connectivity index (χ0n) is 16.4. The van der Waals surface area contributed by atoms with Crippen molar-refractivity contribution in [1.29, 1.82) is 0 Å². The van der Waals surface area contributed by atoms with E-state index in [1.54, 1.807) is 18.1 Å². The summed E-state index contributed by atoms with van der Waals surface area (Å²) >= 11 is 0. The average Bonchev–Trinajstić information content (AvgIpc) is 3.10. The zero-order chi connectivity index (χ0) is 21.7. The zero-order valence-corrected chi connectivity index (χ0v) is 16.4. The summed E-state index contributed by atoms with van der Waals surface area (Å²) in [5.74, 6) is -1.86. The Kier molecular flexibility index (Phi) is 6.77. The molecule has 1 fully saturated rings. The SMILES string of the molecule is CNCc1cnnn1CC(=O)N1CC(Oc2ccc(CCB=O)c(O)c2C(=O)O)C1. The number of aryl methyl sites for hydroxylation is 1. The van der Waals surface area contributed by atoms with Crippen LogP contribution in [0.3, 0.4) is 0 Å².